The second-order valence-electron chi connectivity index (χ2n) is 8.36. The van der Waals surface area contributed by atoms with Gasteiger partial charge >= 0.3 is 6.09 Å². The van der Waals surface area contributed by atoms with Crippen molar-refractivity contribution in [2.24, 2.45) is 0 Å². The minimum Gasteiger partial charge on any atom is -0.444 e. The van der Waals surface area contributed by atoms with Crippen molar-refractivity contribution in [3.63, 3.8) is 0 Å². The van der Waals surface area contributed by atoms with Gasteiger partial charge in [0.05, 0.1) is 18.5 Å². The Bertz CT molecular complexity index is 723. The van der Waals surface area contributed by atoms with Crippen LogP contribution in [0.5, 0.6) is 0 Å². The summed E-state index contributed by atoms with van der Waals surface area (Å²) in [5.41, 5.74) is 2.07. The molecule has 0 aliphatic rings. The van der Waals surface area contributed by atoms with E-state index >= 15 is 0 Å². The largest absolute Gasteiger partial charge is 0.444 e. The van der Waals surface area contributed by atoms with Crippen molar-refractivity contribution < 1.29 is 17.9 Å². The number of carbonyl (C=O) groups excluding carboxylic acids is 1. The maximum absolute atomic E-state index is 12.6. The van der Waals surface area contributed by atoms with Crippen LogP contribution in [0.1, 0.15) is 71.4 Å². The maximum Gasteiger partial charge on any atom is 0.407 e. The molecule has 0 heterocycles. The fourth-order valence-corrected chi connectivity index (χ4v) is 3.78. The smallest absolute Gasteiger partial charge is 0.407 e. The van der Waals surface area contributed by atoms with Gasteiger partial charge in [-0.1, -0.05) is 45.9 Å². The molecule has 0 aromatic heterocycles. The van der Waals surface area contributed by atoms with Crippen molar-refractivity contribution >= 4 is 21.8 Å². The number of ether oxygens (including phenoxy) is 1. The molecule has 7 heteroatoms. The van der Waals surface area contributed by atoms with Gasteiger partial charge in [-0.2, -0.15) is 0 Å². The van der Waals surface area contributed by atoms with Crippen LogP contribution in [0, 0.1) is 0 Å². The summed E-state index contributed by atoms with van der Waals surface area (Å²) in [5.74, 6) is 0.337. The van der Waals surface area contributed by atoms with E-state index in [4.69, 9.17) is 4.74 Å². The van der Waals surface area contributed by atoms with Gasteiger partial charge in [0.15, 0.2) is 0 Å². The first-order valence-electron chi connectivity index (χ1n) is 9.31. The number of benzene rings is 1. The van der Waals surface area contributed by atoms with Gasteiger partial charge in [0, 0.05) is 6.54 Å². The van der Waals surface area contributed by atoms with Gasteiger partial charge in [0.1, 0.15) is 5.60 Å². The fraction of sp³-hybridized carbons (Fsp3) is 0.650. The first-order chi connectivity index (χ1) is 12.2. The number of amides is 1. The minimum atomic E-state index is -3.52. The first-order valence-corrected chi connectivity index (χ1v) is 11.2. The van der Waals surface area contributed by atoms with Crippen molar-refractivity contribution in [1.82, 2.24) is 5.32 Å². The SMILES string of the molecule is CC(C)c1cccc(C(C)C)c1N(CCNC(=O)OC(C)(C)C)S(C)(=O)=O. The molecule has 0 radical (unpaired) electrons. The Balaban J connectivity index is 3.18. The molecule has 0 unspecified atom stereocenters. The average Bonchev–Trinajstić information content (AvgIpc) is 2.47. The molecule has 0 bridgehead atoms. The Kier molecular flexibility index (Phi) is 7.72. The summed E-state index contributed by atoms with van der Waals surface area (Å²) in [4.78, 5) is 11.9. The van der Waals surface area contributed by atoms with Crippen LogP contribution in [-0.2, 0) is 14.8 Å². The summed E-state index contributed by atoms with van der Waals surface area (Å²) < 4.78 is 31.8. The van der Waals surface area contributed by atoms with Crippen LogP contribution in [0.25, 0.3) is 0 Å². The molecule has 0 saturated heterocycles. The van der Waals surface area contributed by atoms with Crippen LogP contribution in [0.2, 0.25) is 0 Å². The van der Waals surface area contributed by atoms with Gasteiger partial charge in [-0.25, -0.2) is 13.2 Å². The third kappa shape index (κ3) is 7.05. The van der Waals surface area contributed by atoms with Crippen molar-refractivity contribution in [3.8, 4) is 0 Å². The minimum absolute atomic E-state index is 0.140. The lowest BCUT2D eigenvalue weighted by Gasteiger charge is -2.30. The molecule has 0 atom stereocenters. The molecule has 1 rings (SSSR count). The lowest BCUT2D eigenvalue weighted by molar-refractivity contribution is 0.0529. The monoisotopic (exact) mass is 398 g/mol. The normalized spacial score (nSPS) is 12.4. The van der Waals surface area contributed by atoms with E-state index in [2.05, 4.69) is 5.32 Å². The molecule has 1 aromatic rings. The van der Waals surface area contributed by atoms with Gasteiger partial charge in [-0.3, -0.25) is 4.31 Å². The quantitative estimate of drug-likeness (QED) is 0.746. The molecule has 0 saturated carbocycles. The molecule has 0 aliphatic heterocycles. The molecule has 1 aromatic carbocycles. The number of rotatable bonds is 7. The molecule has 0 aliphatic carbocycles. The number of nitrogens with zero attached hydrogens (tertiary/aromatic N) is 1. The van der Waals surface area contributed by atoms with Crippen LogP contribution < -0.4 is 9.62 Å². The Morgan fingerprint density at radius 2 is 1.59 bits per heavy atom. The predicted octanol–water partition coefficient (Wildman–Crippen LogP) is 4.22. The van der Waals surface area contributed by atoms with E-state index in [1.807, 2.05) is 45.9 Å². The van der Waals surface area contributed by atoms with E-state index in [-0.39, 0.29) is 24.9 Å². The molecule has 0 spiro atoms. The van der Waals surface area contributed by atoms with E-state index in [0.29, 0.717) is 0 Å². The highest BCUT2D eigenvalue weighted by atomic mass is 32.2. The zero-order valence-electron chi connectivity index (χ0n) is 17.8. The summed E-state index contributed by atoms with van der Waals surface area (Å²) in [6.07, 6.45) is 0.638. The van der Waals surface area contributed by atoms with Crippen molar-refractivity contribution in [2.75, 3.05) is 23.7 Å². The van der Waals surface area contributed by atoms with E-state index in [1.54, 1.807) is 20.8 Å². The van der Waals surface area contributed by atoms with E-state index in [0.717, 1.165) is 16.8 Å². The second-order valence-corrected chi connectivity index (χ2v) is 10.3. The van der Waals surface area contributed by atoms with Crippen LogP contribution >= 0.6 is 0 Å². The van der Waals surface area contributed by atoms with Crippen LogP contribution in [0.15, 0.2) is 18.2 Å². The Labute approximate surface area is 164 Å². The third-order valence-corrected chi connectivity index (χ3v) is 5.14. The summed E-state index contributed by atoms with van der Waals surface area (Å²) in [6.45, 7) is 13.8. The van der Waals surface area contributed by atoms with Crippen LogP contribution in [-0.4, -0.2) is 39.5 Å². The zero-order valence-corrected chi connectivity index (χ0v) is 18.6. The number of sulfonamides is 1. The van der Waals surface area contributed by atoms with Gasteiger partial charge < -0.3 is 10.1 Å². The lowest BCUT2D eigenvalue weighted by Crippen LogP contribution is -2.40. The third-order valence-electron chi connectivity index (χ3n) is 3.98. The number of nitrogens with one attached hydrogen (secondary N) is 1. The van der Waals surface area contributed by atoms with E-state index in [9.17, 15) is 13.2 Å². The number of alkyl carbamates (subject to hydrolysis) is 1. The topological polar surface area (TPSA) is 75.7 Å². The maximum atomic E-state index is 12.6. The van der Waals surface area contributed by atoms with Crippen LogP contribution in [0.3, 0.4) is 0 Å². The molecule has 0 fully saturated rings. The molecule has 1 N–H and O–H groups in total. The molecular weight excluding hydrogens is 364 g/mol. The van der Waals surface area contributed by atoms with E-state index in [1.165, 1.54) is 10.6 Å². The van der Waals surface area contributed by atoms with Gasteiger partial charge in [0.2, 0.25) is 10.0 Å². The number of carbonyl (C=O) groups is 1. The highest BCUT2D eigenvalue weighted by Crippen LogP contribution is 2.36. The summed E-state index contributed by atoms with van der Waals surface area (Å²) in [7, 11) is -3.52. The van der Waals surface area contributed by atoms with Gasteiger partial charge in [-0.15, -0.1) is 0 Å². The second kappa shape index (κ2) is 8.95. The summed E-state index contributed by atoms with van der Waals surface area (Å²) in [5, 5.41) is 2.64. The standard InChI is InChI=1S/C20H34N2O4S/c1-14(2)16-10-9-11-17(15(3)4)18(16)22(27(8,24)25)13-12-21-19(23)26-20(5,6)7/h9-11,14-15H,12-13H2,1-8H3,(H,21,23). The predicted molar refractivity (Wildman–Crippen MR) is 111 cm³/mol. The Morgan fingerprint density at radius 1 is 1.11 bits per heavy atom. The van der Waals surface area contributed by atoms with Crippen molar-refractivity contribution in [1.29, 1.82) is 0 Å². The fourth-order valence-electron chi connectivity index (χ4n) is 2.82. The highest BCUT2D eigenvalue weighted by Gasteiger charge is 2.25. The Hall–Kier alpha value is -1.76. The first kappa shape index (κ1) is 23.3. The number of para-hydroxylation sites is 1. The van der Waals surface area contributed by atoms with Gasteiger partial charge in [-0.05, 0) is 43.7 Å². The molecule has 154 valence electrons. The number of hydrogen-bond donors (Lipinski definition) is 1. The number of anilines is 1. The molecule has 6 nitrogen and oxygen atoms in total. The van der Waals surface area contributed by atoms with Crippen LogP contribution in [0.4, 0.5) is 10.5 Å². The average molecular weight is 399 g/mol. The van der Waals surface area contributed by atoms with E-state index < -0.39 is 21.7 Å². The molecule has 27 heavy (non-hydrogen) atoms. The number of hydrogen-bond acceptors (Lipinski definition) is 4. The Morgan fingerprint density at radius 3 is 1.96 bits per heavy atom. The molecular formula is C20H34N2O4S. The highest BCUT2D eigenvalue weighted by molar-refractivity contribution is 7.92. The van der Waals surface area contributed by atoms with Crippen molar-refractivity contribution in [2.45, 2.75) is 65.9 Å². The van der Waals surface area contributed by atoms with Gasteiger partial charge in [0.25, 0.3) is 0 Å². The molecule has 1 amide bonds. The summed E-state index contributed by atoms with van der Waals surface area (Å²) in [6, 6.07) is 5.89. The summed E-state index contributed by atoms with van der Waals surface area (Å²) >= 11 is 0. The zero-order chi connectivity index (χ0) is 21.0. The van der Waals surface area contributed by atoms with Crippen molar-refractivity contribution in [3.05, 3.63) is 29.3 Å². The lowest BCUT2D eigenvalue weighted by atomic mass is 9.92.